The summed E-state index contributed by atoms with van der Waals surface area (Å²) in [7, 11) is 0. The highest BCUT2D eigenvalue weighted by Gasteiger charge is 2.58. The molecule has 1 saturated carbocycles. The van der Waals surface area contributed by atoms with E-state index in [9.17, 15) is 9.59 Å². The first-order chi connectivity index (χ1) is 14.1. The molecular weight excluding hydrogens is 366 g/mol. The van der Waals surface area contributed by atoms with Crippen molar-refractivity contribution in [1.82, 2.24) is 20.4 Å². The lowest BCUT2D eigenvalue weighted by Crippen LogP contribution is -2.42. The van der Waals surface area contributed by atoms with E-state index in [1.165, 1.54) is 4.90 Å². The van der Waals surface area contributed by atoms with E-state index in [1.807, 2.05) is 0 Å². The summed E-state index contributed by atoms with van der Waals surface area (Å²) in [5, 5.41) is 6.65. The third-order valence-electron chi connectivity index (χ3n) is 6.42. The molecular formula is C22H37N5O2. The highest BCUT2D eigenvalue weighted by molar-refractivity contribution is 6.06. The first-order valence-electron chi connectivity index (χ1n) is 11.4. The Morgan fingerprint density at radius 2 is 1.79 bits per heavy atom. The largest absolute Gasteiger partial charge is 0.357 e. The maximum absolute atomic E-state index is 12.7. The lowest BCUT2D eigenvalue weighted by molar-refractivity contribution is -0.140. The maximum atomic E-state index is 12.7. The van der Waals surface area contributed by atoms with Crippen LogP contribution in [-0.4, -0.2) is 73.4 Å². The van der Waals surface area contributed by atoms with Gasteiger partial charge in [0.15, 0.2) is 5.96 Å². The number of nitrogens with zero attached hydrogens (tertiary/aromatic N) is 3. The van der Waals surface area contributed by atoms with Gasteiger partial charge in [-0.1, -0.05) is 26.0 Å². The Labute approximate surface area is 175 Å². The van der Waals surface area contributed by atoms with Gasteiger partial charge in [-0.3, -0.25) is 19.5 Å². The molecule has 2 amide bonds. The number of hydrogen-bond acceptors (Lipinski definition) is 4. The number of carbonyl (C=O) groups is 2. The number of amides is 2. The second kappa shape index (κ2) is 10.2. The molecule has 7 nitrogen and oxygen atoms in total. The monoisotopic (exact) mass is 403 g/mol. The fourth-order valence-corrected chi connectivity index (χ4v) is 5.02. The summed E-state index contributed by atoms with van der Waals surface area (Å²) in [6, 6.07) is 0. The number of allylic oxidation sites excluding steroid dienone is 2. The van der Waals surface area contributed by atoms with Crippen molar-refractivity contribution >= 4 is 17.8 Å². The van der Waals surface area contributed by atoms with E-state index in [1.54, 1.807) is 0 Å². The third-order valence-corrected chi connectivity index (χ3v) is 6.42. The minimum Gasteiger partial charge on any atom is -0.357 e. The summed E-state index contributed by atoms with van der Waals surface area (Å²) in [6.07, 6.45) is 7.12. The lowest BCUT2D eigenvalue weighted by atomic mass is 9.85. The molecule has 2 bridgehead atoms. The zero-order chi connectivity index (χ0) is 20.8. The second-order valence-corrected chi connectivity index (χ2v) is 8.30. The fraction of sp³-hybridized carbons (Fsp3) is 0.773. The Bertz CT molecular complexity index is 617. The number of hydrogen-bond donors (Lipinski definition) is 2. The van der Waals surface area contributed by atoms with Gasteiger partial charge >= 0.3 is 0 Å². The van der Waals surface area contributed by atoms with Crippen molar-refractivity contribution in [3.63, 3.8) is 0 Å². The Balaban J connectivity index is 1.43. The standard InChI is InChI=1S/C22H37N5O2/c1-4-12-26(6-3)14-11-25-22(23-5-2)24-10-7-13-27-20(28)18-16-8-9-17(15-16)19(18)21(27)29/h8-9,16-19H,4-7,10-15H2,1-3H3,(H2,23,24,25). The van der Waals surface area contributed by atoms with E-state index in [0.29, 0.717) is 19.5 Å². The number of nitrogens with one attached hydrogen (secondary N) is 2. The van der Waals surface area contributed by atoms with Gasteiger partial charge in [-0.15, -0.1) is 0 Å². The van der Waals surface area contributed by atoms with Gasteiger partial charge in [0, 0.05) is 32.7 Å². The first-order valence-corrected chi connectivity index (χ1v) is 11.4. The van der Waals surface area contributed by atoms with Crippen LogP contribution in [-0.2, 0) is 9.59 Å². The van der Waals surface area contributed by atoms with Crippen LogP contribution in [0.2, 0.25) is 0 Å². The van der Waals surface area contributed by atoms with Crippen LogP contribution in [0.1, 0.15) is 40.0 Å². The average molecular weight is 404 g/mol. The molecule has 0 aromatic carbocycles. The van der Waals surface area contributed by atoms with E-state index in [-0.39, 0.29) is 35.5 Å². The smallest absolute Gasteiger partial charge is 0.233 e. The van der Waals surface area contributed by atoms with Crippen LogP contribution in [0, 0.1) is 23.7 Å². The minimum atomic E-state index is -0.0929. The number of aliphatic imine (C=N–C) groups is 1. The van der Waals surface area contributed by atoms with Gasteiger partial charge in [-0.25, -0.2) is 0 Å². The Hall–Kier alpha value is -1.89. The number of guanidine groups is 1. The van der Waals surface area contributed by atoms with Crippen LogP contribution in [0.4, 0.5) is 0 Å². The van der Waals surface area contributed by atoms with Crippen molar-refractivity contribution in [2.24, 2.45) is 28.7 Å². The summed E-state index contributed by atoms with van der Waals surface area (Å²) in [4.78, 5) is 34.0. The molecule has 0 aromatic rings. The Kier molecular flexibility index (Phi) is 7.70. The Morgan fingerprint density at radius 1 is 1.10 bits per heavy atom. The van der Waals surface area contributed by atoms with Crippen LogP contribution in [0.5, 0.6) is 0 Å². The van der Waals surface area contributed by atoms with Crippen molar-refractivity contribution in [2.75, 3.05) is 45.8 Å². The number of imide groups is 1. The second-order valence-electron chi connectivity index (χ2n) is 8.30. The van der Waals surface area contributed by atoms with Crippen molar-refractivity contribution in [3.8, 4) is 0 Å². The molecule has 3 rings (SSSR count). The topological polar surface area (TPSA) is 77.0 Å². The summed E-state index contributed by atoms with van der Waals surface area (Å²) in [6.45, 7) is 12.3. The zero-order valence-electron chi connectivity index (χ0n) is 18.2. The molecule has 0 spiro atoms. The van der Waals surface area contributed by atoms with Gasteiger partial charge in [-0.2, -0.15) is 0 Å². The molecule has 29 heavy (non-hydrogen) atoms. The van der Waals surface area contributed by atoms with Crippen molar-refractivity contribution < 1.29 is 9.59 Å². The molecule has 0 radical (unpaired) electrons. The van der Waals surface area contributed by atoms with Crippen molar-refractivity contribution in [3.05, 3.63) is 12.2 Å². The SMILES string of the molecule is CCCN(CC)CCNC(=NCCCN1C(=O)C2C3C=CC(C3)C2C1=O)NCC. The van der Waals surface area contributed by atoms with Crippen LogP contribution in [0.15, 0.2) is 17.1 Å². The lowest BCUT2D eigenvalue weighted by Gasteiger charge is -2.20. The fourth-order valence-electron chi connectivity index (χ4n) is 5.02. The predicted molar refractivity (Wildman–Crippen MR) is 115 cm³/mol. The molecule has 1 aliphatic heterocycles. The van der Waals surface area contributed by atoms with Crippen LogP contribution in [0.3, 0.4) is 0 Å². The quantitative estimate of drug-likeness (QED) is 0.180. The van der Waals surface area contributed by atoms with Gasteiger partial charge in [0.2, 0.25) is 11.8 Å². The molecule has 2 fully saturated rings. The van der Waals surface area contributed by atoms with Gasteiger partial charge in [0.25, 0.3) is 0 Å². The van der Waals surface area contributed by atoms with Gasteiger partial charge in [-0.05, 0) is 51.1 Å². The van der Waals surface area contributed by atoms with Crippen molar-refractivity contribution in [1.29, 1.82) is 0 Å². The maximum Gasteiger partial charge on any atom is 0.233 e. The number of likely N-dealkylation sites (N-methyl/N-ethyl adjacent to an activating group) is 1. The molecule has 1 saturated heterocycles. The van der Waals surface area contributed by atoms with Gasteiger partial charge in [0.1, 0.15) is 0 Å². The molecule has 2 N–H and O–H groups in total. The third kappa shape index (κ3) is 4.82. The summed E-state index contributed by atoms with van der Waals surface area (Å²) >= 11 is 0. The molecule has 1 heterocycles. The van der Waals surface area contributed by atoms with E-state index in [2.05, 4.69) is 53.4 Å². The minimum absolute atomic E-state index is 0.0430. The number of fused-ring (bicyclic) bond motifs is 5. The van der Waals surface area contributed by atoms with Crippen LogP contribution < -0.4 is 10.6 Å². The molecule has 4 unspecified atom stereocenters. The molecule has 7 heteroatoms. The summed E-state index contributed by atoms with van der Waals surface area (Å²) < 4.78 is 0. The van der Waals surface area contributed by atoms with Crippen LogP contribution >= 0.6 is 0 Å². The Morgan fingerprint density at radius 3 is 2.38 bits per heavy atom. The highest BCUT2D eigenvalue weighted by Crippen LogP contribution is 2.52. The predicted octanol–water partition coefficient (Wildman–Crippen LogP) is 1.47. The number of likely N-dealkylation sites (tertiary alicyclic amines) is 1. The summed E-state index contributed by atoms with van der Waals surface area (Å²) in [5.41, 5.74) is 0. The average Bonchev–Trinajstić information content (AvgIpc) is 3.39. The molecule has 3 aliphatic rings. The van der Waals surface area contributed by atoms with Gasteiger partial charge < -0.3 is 15.5 Å². The van der Waals surface area contributed by atoms with Crippen LogP contribution in [0.25, 0.3) is 0 Å². The number of carbonyl (C=O) groups excluding carboxylic acids is 2. The van der Waals surface area contributed by atoms with Crippen molar-refractivity contribution in [2.45, 2.75) is 40.0 Å². The van der Waals surface area contributed by atoms with E-state index in [0.717, 1.165) is 51.5 Å². The summed E-state index contributed by atoms with van der Waals surface area (Å²) in [5.74, 6) is 1.27. The van der Waals surface area contributed by atoms with E-state index in [4.69, 9.17) is 0 Å². The molecule has 0 aromatic heterocycles. The van der Waals surface area contributed by atoms with Gasteiger partial charge in [0.05, 0.1) is 11.8 Å². The normalized spacial score (nSPS) is 28.0. The van der Waals surface area contributed by atoms with E-state index >= 15 is 0 Å². The van der Waals surface area contributed by atoms with E-state index < -0.39 is 0 Å². The zero-order valence-corrected chi connectivity index (χ0v) is 18.2. The molecule has 4 atom stereocenters. The highest BCUT2D eigenvalue weighted by atomic mass is 16.2. The first kappa shape index (κ1) is 21.8. The number of rotatable bonds is 11. The molecule has 162 valence electrons. The molecule has 2 aliphatic carbocycles.